The van der Waals surface area contributed by atoms with Crippen LogP contribution in [0.15, 0.2) is 41.3 Å². The maximum absolute atomic E-state index is 12.0. The molecule has 0 aliphatic rings. The lowest BCUT2D eigenvalue weighted by Crippen LogP contribution is -2.16. The van der Waals surface area contributed by atoms with Gasteiger partial charge >= 0.3 is 0 Å². The van der Waals surface area contributed by atoms with Crippen molar-refractivity contribution >= 4 is 40.3 Å². The molecule has 0 unspecified atom stereocenters. The number of carbonyl (C=O) groups is 1. The maximum atomic E-state index is 12.0. The summed E-state index contributed by atoms with van der Waals surface area (Å²) in [5.74, 6) is -0.166. The summed E-state index contributed by atoms with van der Waals surface area (Å²) >= 11 is 1.27. The largest absolute Gasteiger partial charge is 0.354 e. The van der Waals surface area contributed by atoms with Crippen LogP contribution >= 0.6 is 11.3 Å². The van der Waals surface area contributed by atoms with Crippen LogP contribution in [0.2, 0.25) is 0 Å². The molecule has 0 radical (unpaired) electrons. The number of amides is 1. The summed E-state index contributed by atoms with van der Waals surface area (Å²) in [5, 5.41) is 4.19. The Kier molecular flexibility index (Phi) is 3.84. The van der Waals surface area contributed by atoms with Crippen LogP contribution in [0.1, 0.15) is 20.2 Å². The van der Waals surface area contributed by atoms with Crippen LogP contribution in [0.3, 0.4) is 0 Å². The highest BCUT2D eigenvalue weighted by atomic mass is 32.1. The van der Waals surface area contributed by atoms with Crippen LogP contribution in [0.25, 0.3) is 23.1 Å². The molecule has 22 heavy (non-hydrogen) atoms. The molecular formula is C16H13N3O2S. The summed E-state index contributed by atoms with van der Waals surface area (Å²) in [5.41, 5.74) is 1.20. The molecule has 0 bridgehead atoms. The highest BCUT2D eigenvalue weighted by Gasteiger charge is 2.07. The molecule has 6 heteroatoms. The number of thiazole rings is 1. The minimum atomic E-state index is -0.166. The Bertz CT molecular complexity index is 924. The molecule has 0 saturated heterocycles. The van der Waals surface area contributed by atoms with E-state index in [2.05, 4.69) is 15.3 Å². The molecule has 1 amide bonds. The molecule has 1 aromatic carbocycles. The van der Waals surface area contributed by atoms with E-state index in [0.29, 0.717) is 15.4 Å². The second-order valence-corrected chi connectivity index (χ2v) is 5.68. The molecule has 2 heterocycles. The van der Waals surface area contributed by atoms with E-state index in [9.17, 15) is 9.59 Å². The lowest BCUT2D eigenvalue weighted by atomic mass is 10.1. The minimum absolute atomic E-state index is 0.155. The standard InChI is InChI=1S/C16H13N3O2S/c1-17-16(21)13-9-18-14(22-13)7-6-11-8-10-4-2-3-5-12(10)19-15(11)20/h2-9H,1H3,(H,17,21)(H,19,20)/b7-6-. The van der Waals surface area contributed by atoms with Gasteiger partial charge in [-0.1, -0.05) is 18.2 Å². The average molecular weight is 311 g/mol. The summed E-state index contributed by atoms with van der Waals surface area (Å²) in [6.07, 6.45) is 4.96. The number of benzene rings is 1. The van der Waals surface area contributed by atoms with Crippen molar-refractivity contribution in [1.29, 1.82) is 0 Å². The predicted molar refractivity (Wildman–Crippen MR) is 89.0 cm³/mol. The van der Waals surface area contributed by atoms with Gasteiger partial charge in [-0.3, -0.25) is 9.59 Å². The molecule has 0 saturated carbocycles. The van der Waals surface area contributed by atoms with E-state index < -0.39 is 0 Å². The van der Waals surface area contributed by atoms with Crippen molar-refractivity contribution in [3.8, 4) is 0 Å². The van der Waals surface area contributed by atoms with Crippen LogP contribution < -0.4 is 10.9 Å². The highest BCUT2D eigenvalue weighted by Crippen LogP contribution is 2.16. The van der Waals surface area contributed by atoms with Gasteiger partial charge < -0.3 is 10.3 Å². The number of hydrogen-bond acceptors (Lipinski definition) is 4. The Morgan fingerprint density at radius 2 is 2.14 bits per heavy atom. The SMILES string of the molecule is CNC(=O)c1cnc(/C=C\c2cc3ccccc3[nH]c2=O)s1. The summed E-state index contributed by atoms with van der Waals surface area (Å²) in [6, 6.07) is 9.43. The molecule has 0 fully saturated rings. The summed E-state index contributed by atoms with van der Waals surface area (Å²) in [7, 11) is 1.58. The van der Waals surface area contributed by atoms with Gasteiger partial charge in [0.1, 0.15) is 9.88 Å². The van der Waals surface area contributed by atoms with Gasteiger partial charge in [-0.15, -0.1) is 11.3 Å². The zero-order chi connectivity index (χ0) is 15.5. The molecule has 0 spiro atoms. The fraction of sp³-hybridized carbons (Fsp3) is 0.0625. The number of aromatic amines is 1. The number of para-hydroxylation sites is 1. The normalized spacial score (nSPS) is 11.1. The Balaban J connectivity index is 1.92. The molecule has 110 valence electrons. The Hall–Kier alpha value is -2.73. The third-order valence-electron chi connectivity index (χ3n) is 3.16. The number of aromatic nitrogens is 2. The lowest BCUT2D eigenvalue weighted by Gasteiger charge is -1.98. The molecule has 3 aromatic rings. The molecule has 5 nitrogen and oxygen atoms in total. The van der Waals surface area contributed by atoms with Crippen molar-refractivity contribution in [3.63, 3.8) is 0 Å². The van der Waals surface area contributed by atoms with Gasteiger partial charge in [0, 0.05) is 18.1 Å². The van der Waals surface area contributed by atoms with E-state index in [-0.39, 0.29) is 11.5 Å². The van der Waals surface area contributed by atoms with E-state index in [0.717, 1.165) is 10.9 Å². The van der Waals surface area contributed by atoms with Gasteiger partial charge in [0.25, 0.3) is 11.5 Å². The number of rotatable bonds is 3. The van der Waals surface area contributed by atoms with Crippen LogP contribution in [0.4, 0.5) is 0 Å². The maximum Gasteiger partial charge on any atom is 0.262 e. The highest BCUT2D eigenvalue weighted by molar-refractivity contribution is 7.14. The van der Waals surface area contributed by atoms with Gasteiger partial charge in [-0.05, 0) is 29.7 Å². The quantitative estimate of drug-likeness (QED) is 0.780. The molecule has 0 atom stereocenters. The van der Waals surface area contributed by atoms with Crippen LogP contribution in [0.5, 0.6) is 0 Å². The number of nitrogens with one attached hydrogen (secondary N) is 2. The summed E-state index contributed by atoms with van der Waals surface area (Å²) in [4.78, 5) is 31.0. The van der Waals surface area contributed by atoms with Crippen molar-refractivity contribution in [2.45, 2.75) is 0 Å². The predicted octanol–water partition coefficient (Wildman–Crippen LogP) is 2.51. The van der Waals surface area contributed by atoms with Crippen LogP contribution in [-0.4, -0.2) is 22.9 Å². The van der Waals surface area contributed by atoms with E-state index >= 15 is 0 Å². The van der Waals surface area contributed by atoms with Gasteiger partial charge in [0.05, 0.1) is 6.20 Å². The first-order chi connectivity index (χ1) is 10.7. The first-order valence-electron chi connectivity index (χ1n) is 6.65. The average Bonchev–Trinajstić information content (AvgIpc) is 3.01. The first kappa shape index (κ1) is 14.2. The summed E-state index contributed by atoms with van der Waals surface area (Å²) < 4.78 is 0. The second kappa shape index (κ2) is 5.95. The third-order valence-corrected chi connectivity index (χ3v) is 4.12. The smallest absolute Gasteiger partial charge is 0.262 e. The number of pyridine rings is 1. The molecular weight excluding hydrogens is 298 g/mol. The zero-order valence-corrected chi connectivity index (χ0v) is 12.6. The van der Waals surface area contributed by atoms with Crippen molar-refractivity contribution < 1.29 is 4.79 Å². The van der Waals surface area contributed by atoms with E-state index in [1.807, 2.05) is 30.3 Å². The van der Waals surface area contributed by atoms with E-state index in [4.69, 9.17) is 0 Å². The van der Waals surface area contributed by atoms with Crippen LogP contribution in [-0.2, 0) is 0 Å². The monoisotopic (exact) mass is 311 g/mol. The number of hydrogen-bond donors (Lipinski definition) is 2. The van der Waals surface area contributed by atoms with Crippen molar-refractivity contribution in [2.24, 2.45) is 0 Å². The number of carbonyl (C=O) groups excluding carboxylic acids is 1. The molecule has 2 N–H and O–H groups in total. The van der Waals surface area contributed by atoms with Gasteiger partial charge in [-0.2, -0.15) is 0 Å². The van der Waals surface area contributed by atoms with E-state index in [1.54, 1.807) is 19.2 Å². The van der Waals surface area contributed by atoms with Gasteiger partial charge in [0.15, 0.2) is 0 Å². The minimum Gasteiger partial charge on any atom is -0.354 e. The van der Waals surface area contributed by atoms with Crippen molar-refractivity contribution in [2.75, 3.05) is 7.05 Å². The van der Waals surface area contributed by atoms with Gasteiger partial charge in [-0.25, -0.2) is 4.98 Å². The number of H-pyrrole nitrogens is 1. The fourth-order valence-electron chi connectivity index (χ4n) is 2.04. The third kappa shape index (κ3) is 2.82. The Morgan fingerprint density at radius 3 is 2.95 bits per heavy atom. The first-order valence-corrected chi connectivity index (χ1v) is 7.47. The number of fused-ring (bicyclic) bond motifs is 1. The summed E-state index contributed by atoms with van der Waals surface area (Å²) in [6.45, 7) is 0. The molecule has 0 aliphatic heterocycles. The van der Waals surface area contributed by atoms with Gasteiger partial charge in [0.2, 0.25) is 0 Å². The van der Waals surface area contributed by atoms with Crippen LogP contribution in [0, 0.1) is 0 Å². The van der Waals surface area contributed by atoms with Crippen molar-refractivity contribution in [1.82, 2.24) is 15.3 Å². The lowest BCUT2D eigenvalue weighted by molar-refractivity contribution is 0.0967. The zero-order valence-electron chi connectivity index (χ0n) is 11.8. The molecule has 0 aliphatic carbocycles. The number of nitrogens with zero attached hydrogens (tertiary/aromatic N) is 1. The Morgan fingerprint density at radius 1 is 1.32 bits per heavy atom. The second-order valence-electron chi connectivity index (χ2n) is 4.62. The fourth-order valence-corrected chi connectivity index (χ4v) is 2.81. The van der Waals surface area contributed by atoms with Crippen molar-refractivity contribution in [3.05, 3.63) is 62.3 Å². The van der Waals surface area contributed by atoms with E-state index in [1.165, 1.54) is 17.5 Å². The topological polar surface area (TPSA) is 74.8 Å². The Labute approximate surface area is 130 Å². The molecule has 3 rings (SSSR count). The molecule has 2 aromatic heterocycles.